The Bertz CT molecular complexity index is 365. The normalized spacial score (nSPS) is 20.7. The number of hydrogen-bond donors (Lipinski definition) is 1. The van der Waals surface area contributed by atoms with E-state index in [1.54, 1.807) is 7.11 Å². The van der Waals surface area contributed by atoms with Crippen molar-refractivity contribution in [3.63, 3.8) is 0 Å². The maximum Gasteiger partial charge on any atom is 0.161 e. The van der Waals surface area contributed by atoms with Crippen molar-refractivity contribution < 1.29 is 9.47 Å². The van der Waals surface area contributed by atoms with Crippen LogP contribution < -0.4 is 10.1 Å². The number of nitrogens with zero attached hydrogens (tertiary/aromatic N) is 2. The van der Waals surface area contributed by atoms with Crippen molar-refractivity contribution in [3.05, 3.63) is 11.9 Å². The molecule has 108 valence electrons. The summed E-state index contributed by atoms with van der Waals surface area (Å²) in [6, 6.07) is 0.264. The molecule has 1 aliphatic rings. The lowest BCUT2D eigenvalue weighted by Gasteiger charge is -2.25. The first-order valence-electron chi connectivity index (χ1n) is 7.22. The molecule has 1 aliphatic heterocycles. The van der Waals surface area contributed by atoms with Crippen molar-refractivity contribution >= 4 is 0 Å². The molecule has 1 saturated heterocycles. The number of aromatic nitrogens is 2. The maximum atomic E-state index is 5.55. The van der Waals surface area contributed by atoms with E-state index in [0.29, 0.717) is 5.92 Å². The maximum absolute atomic E-state index is 5.55. The summed E-state index contributed by atoms with van der Waals surface area (Å²) in [4.78, 5) is 0. The van der Waals surface area contributed by atoms with Crippen LogP contribution in [0.4, 0.5) is 0 Å². The summed E-state index contributed by atoms with van der Waals surface area (Å²) in [7, 11) is 1.71. The molecule has 2 heterocycles. The summed E-state index contributed by atoms with van der Waals surface area (Å²) in [6.45, 7) is 7.83. The standard InChI is InChI=1S/C14H25N3O2/c1-4-7-15-13(11-6-8-19-10-11)14-12(18-3)9-16-17(14)5-2/h9,11,13,15H,4-8,10H2,1-3H3. The van der Waals surface area contributed by atoms with E-state index in [1.165, 1.54) is 0 Å². The summed E-state index contributed by atoms with van der Waals surface area (Å²) in [6.07, 6.45) is 4.03. The van der Waals surface area contributed by atoms with Crippen LogP contribution in [-0.2, 0) is 11.3 Å². The van der Waals surface area contributed by atoms with Crippen molar-refractivity contribution in [1.82, 2.24) is 15.1 Å². The molecule has 1 fully saturated rings. The molecular weight excluding hydrogens is 242 g/mol. The molecule has 5 heteroatoms. The highest BCUT2D eigenvalue weighted by Crippen LogP contribution is 2.34. The first kappa shape index (κ1) is 14.3. The summed E-state index contributed by atoms with van der Waals surface area (Å²) in [5.74, 6) is 1.38. The Balaban J connectivity index is 2.27. The van der Waals surface area contributed by atoms with Crippen LogP contribution in [0.15, 0.2) is 6.20 Å². The molecule has 1 aromatic rings. The van der Waals surface area contributed by atoms with Gasteiger partial charge in [-0.3, -0.25) is 4.68 Å². The number of hydrogen-bond acceptors (Lipinski definition) is 4. The first-order chi connectivity index (χ1) is 9.31. The second kappa shape index (κ2) is 6.91. The van der Waals surface area contributed by atoms with E-state index in [-0.39, 0.29) is 6.04 Å². The number of aryl methyl sites for hydroxylation is 1. The molecule has 5 nitrogen and oxygen atoms in total. The van der Waals surface area contributed by atoms with E-state index in [2.05, 4.69) is 24.3 Å². The second-order valence-electron chi connectivity index (χ2n) is 4.97. The molecule has 2 atom stereocenters. The van der Waals surface area contributed by atoms with E-state index in [1.807, 2.05) is 10.9 Å². The monoisotopic (exact) mass is 267 g/mol. The van der Waals surface area contributed by atoms with Gasteiger partial charge >= 0.3 is 0 Å². The van der Waals surface area contributed by atoms with Gasteiger partial charge in [0.25, 0.3) is 0 Å². The highest BCUT2D eigenvalue weighted by molar-refractivity contribution is 5.29. The molecule has 0 spiro atoms. The highest BCUT2D eigenvalue weighted by atomic mass is 16.5. The molecule has 1 N–H and O–H groups in total. The molecule has 0 amide bonds. The first-order valence-corrected chi connectivity index (χ1v) is 7.22. The van der Waals surface area contributed by atoms with Crippen LogP contribution in [0.2, 0.25) is 0 Å². The predicted molar refractivity (Wildman–Crippen MR) is 74.4 cm³/mol. The summed E-state index contributed by atoms with van der Waals surface area (Å²) < 4.78 is 13.1. The SMILES string of the molecule is CCCNC(c1c(OC)cnn1CC)C1CCOC1. The topological polar surface area (TPSA) is 48.3 Å². The van der Waals surface area contributed by atoms with E-state index in [4.69, 9.17) is 9.47 Å². The van der Waals surface area contributed by atoms with Gasteiger partial charge in [-0.1, -0.05) is 6.92 Å². The Morgan fingerprint density at radius 1 is 1.58 bits per heavy atom. The lowest BCUT2D eigenvalue weighted by molar-refractivity contribution is 0.175. The van der Waals surface area contributed by atoms with Gasteiger partial charge in [0, 0.05) is 19.1 Å². The molecule has 0 aromatic carbocycles. The van der Waals surface area contributed by atoms with Crippen molar-refractivity contribution in [1.29, 1.82) is 0 Å². The number of methoxy groups -OCH3 is 1. The average molecular weight is 267 g/mol. The van der Waals surface area contributed by atoms with Crippen molar-refractivity contribution in [3.8, 4) is 5.75 Å². The Labute approximate surface area is 115 Å². The zero-order valence-corrected chi connectivity index (χ0v) is 12.2. The molecule has 0 saturated carbocycles. The van der Waals surface area contributed by atoms with Gasteiger partial charge in [0.1, 0.15) is 0 Å². The summed E-state index contributed by atoms with van der Waals surface area (Å²) in [5.41, 5.74) is 1.16. The van der Waals surface area contributed by atoms with Crippen molar-refractivity contribution in [2.45, 2.75) is 39.3 Å². The van der Waals surface area contributed by atoms with Gasteiger partial charge in [-0.05, 0) is 26.3 Å². The van der Waals surface area contributed by atoms with Gasteiger partial charge in [-0.25, -0.2) is 0 Å². The van der Waals surface area contributed by atoms with Gasteiger partial charge in [-0.15, -0.1) is 0 Å². The zero-order chi connectivity index (χ0) is 13.7. The Hall–Kier alpha value is -1.07. The van der Waals surface area contributed by atoms with Crippen LogP contribution in [0.1, 0.15) is 38.4 Å². The van der Waals surface area contributed by atoms with E-state index >= 15 is 0 Å². The third-order valence-electron chi connectivity index (χ3n) is 3.71. The molecule has 0 bridgehead atoms. The molecule has 19 heavy (non-hydrogen) atoms. The Morgan fingerprint density at radius 3 is 3.00 bits per heavy atom. The van der Waals surface area contributed by atoms with Gasteiger partial charge in [0.15, 0.2) is 5.75 Å². The summed E-state index contributed by atoms with van der Waals surface area (Å²) >= 11 is 0. The van der Waals surface area contributed by atoms with E-state index < -0.39 is 0 Å². The van der Waals surface area contributed by atoms with Crippen LogP contribution in [0, 0.1) is 5.92 Å². The number of ether oxygens (including phenoxy) is 2. The van der Waals surface area contributed by atoms with Gasteiger partial charge < -0.3 is 14.8 Å². The van der Waals surface area contributed by atoms with Crippen molar-refractivity contribution in [2.24, 2.45) is 5.92 Å². The smallest absolute Gasteiger partial charge is 0.161 e. The summed E-state index contributed by atoms with van der Waals surface area (Å²) in [5, 5.41) is 8.06. The third-order valence-corrected chi connectivity index (χ3v) is 3.71. The van der Waals surface area contributed by atoms with E-state index in [0.717, 1.165) is 50.6 Å². The Morgan fingerprint density at radius 2 is 2.42 bits per heavy atom. The quantitative estimate of drug-likeness (QED) is 0.821. The largest absolute Gasteiger partial charge is 0.493 e. The minimum Gasteiger partial charge on any atom is -0.493 e. The lowest BCUT2D eigenvalue weighted by Crippen LogP contribution is -2.31. The molecular formula is C14H25N3O2. The van der Waals surface area contributed by atoms with Crippen LogP contribution >= 0.6 is 0 Å². The number of nitrogens with one attached hydrogen (secondary N) is 1. The third kappa shape index (κ3) is 3.09. The molecule has 2 rings (SSSR count). The Kier molecular flexibility index (Phi) is 5.22. The molecule has 0 aliphatic carbocycles. The molecule has 0 radical (unpaired) electrons. The fourth-order valence-corrected chi connectivity index (χ4v) is 2.70. The van der Waals surface area contributed by atoms with Gasteiger partial charge in [-0.2, -0.15) is 5.10 Å². The number of rotatable bonds is 7. The highest BCUT2D eigenvalue weighted by Gasteiger charge is 2.31. The fourth-order valence-electron chi connectivity index (χ4n) is 2.70. The van der Waals surface area contributed by atoms with Crippen LogP contribution in [0.3, 0.4) is 0 Å². The van der Waals surface area contributed by atoms with Gasteiger partial charge in [0.05, 0.1) is 31.6 Å². The van der Waals surface area contributed by atoms with Crippen molar-refractivity contribution in [2.75, 3.05) is 26.9 Å². The minimum absolute atomic E-state index is 0.264. The van der Waals surface area contributed by atoms with Crippen LogP contribution in [0.5, 0.6) is 5.75 Å². The molecule has 2 unspecified atom stereocenters. The lowest BCUT2D eigenvalue weighted by atomic mass is 9.95. The fraction of sp³-hybridized carbons (Fsp3) is 0.786. The minimum atomic E-state index is 0.264. The average Bonchev–Trinajstić information content (AvgIpc) is 3.08. The molecule has 1 aromatic heterocycles. The van der Waals surface area contributed by atoms with Crippen LogP contribution in [0.25, 0.3) is 0 Å². The second-order valence-corrected chi connectivity index (χ2v) is 4.97. The zero-order valence-electron chi connectivity index (χ0n) is 12.2. The van der Waals surface area contributed by atoms with Gasteiger partial charge in [0.2, 0.25) is 0 Å². The van der Waals surface area contributed by atoms with Crippen LogP contribution in [-0.4, -0.2) is 36.6 Å². The van der Waals surface area contributed by atoms with E-state index in [9.17, 15) is 0 Å². The predicted octanol–water partition coefficient (Wildman–Crippen LogP) is 1.99.